The standard InChI is InChI=1S/C11H15NO4S.ClH/c1-11(2,10(14)15)6-7-3-4-17(16)9-5-8(13)12(7)9;/h3,9H,4-6H2,1-2H3,(H,14,15);1H/t9-,17?;/m0./s1. The number of rotatable bonds is 3. The average molecular weight is 294 g/mol. The van der Waals surface area contributed by atoms with E-state index in [2.05, 4.69) is 0 Å². The number of nitrogens with zero attached hydrogens (tertiary/aromatic N) is 1. The molecular formula is C11H16ClNO4S. The predicted octanol–water partition coefficient (Wildman–Crippen LogP) is 1.11. The van der Waals surface area contributed by atoms with Gasteiger partial charge in [-0.25, -0.2) is 0 Å². The summed E-state index contributed by atoms with van der Waals surface area (Å²) in [6, 6.07) is 0. The first-order chi connectivity index (χ1) is 7.83. The number of fused-ring (bicyclic) bond motifs is 1. The number of carboxylic acids is 1. The van der Waals surface area contributed by atoms with Crippen molar-refractivity contribution in [1.29, 1.82) is 0 Å². The Kier molecular flexibility index (Phi) is 4.35. The molecule has 0 aromatic carbocycles. The third-order valence-corrected chi connectivity index (χ3v) is 4.68. The lowest BCUT2D eigenvalue weighted by Gasteiger charge is -2.45. The van der Waals surface area contributed by atoms with Crippen LogP contribution in [0.25, 0.3) is 0 Å². The molecule has 0 saturated carbocycles. The Labute approximate surface area is 115 Å². The molecule has 2 aliphatic rings. The maximum absolute atomic E-state index is 11.6. The van der Waals surface area contributed by atoms with Crippen LogP contribution in [-0.2, 0) is 20.8 Å². The third-order valence-electron chi connectivity index (χ3n) is 3.20. The monoisotopic (exact) mass is 293 g/mol. The molecule has 5 nitrogen and oxygen atoms in total. The highest BCUT2D eigenvalue weighted by Gasteiger charge is 2.49. The van der Waals surface area contributed by atoms with E-state index in [1.54, 1.807) is 19.9 Å². The number of halogens is 1. The first-order valence-electron chi connectivity index (χ1n) is 5.44. The summed E-state index contributed by atoms with van der Waals surface area (Å²) in [7, 11) is 0. The van der Waals surface area contributed by atoms with Gasteiger partial charge in [-0.2, -0.15) is 0 Å². The largest absolute Gasteiger partial charge is 0.614 e. The molecule has 0 aliphatic carbocycles. The topological polar surface area (TPSA) is 80.7 Å². The number of amides is 1. The molecule has 0 bridgehead atoms. The molecule has 1 saturated heterocycles. The van der Waals surface area contributed by atoms with Crippen LogP contribution in [-0.4, -0.2) is 37.6 Å². The number of carbonyl (C=O) groups is 2. The molecule has 0 radical (unpaired) electrons. The lowest BCUT2D eigenvalue weighted by atomic mass is 9.86. The van der Waals surface area contributed by atoms with Crippen LogP contribution in [0.2, 0.25) is 0 Å². The van der Waals surface area contributed by atoms with Gasteiger partial charge in [-0.3, -0.25) is 14.5 Å². The molecule has 1 amide bonds. The van der Waals surface area contributed by atoms with Crippen LogP contribution in [0.15, 0.2) is 11.8 Å². The molecule has 2 aliphatic heterocycles. The molecule has 102 valence electrons. The number of allylic oxidation sites excluding steroid dienone is 1. The van der Waals surface area contributed by atoms with Gasteiger partial charge in [0, 0.05) is 12.1 Å². The number of carbonyl (C=O) groups excluding carboxylic acids is 1. The molecule has 0 aromatic heterocycles. The Morgan fingerprint density at radius 3 is 2.78 bits per heavy atom. The second-order valence-electron chi connectivity index (χ2n) is 5.03. The molecule has 2 atom stereocenters. The van der Waals surface area contributed by atoms with E-state index in [0.717, 1.165) is 0 Å². The molecule has 1 fully saturated rings. The Hall–Kier alpha value is -0.720. The highest BCUT2D eigenvalue weighted by molar-refractivity contribution is 7.92. The second-order valence-corrected chi connectivity index (χ2v) is 6.67. The fourth-order valence-corrected chi connectivity index (χ4v) is 3.41. The maximum Gasteiger partial charge on any atom is 0.309 e. The van der Waals surface area contributed by atoms with Crippen molar-refractivity contribution in [3.05, 3.63) is 11.8 Å². The van der Waals surface area contributed by atoms with Crippen molar-refractivity contribution < 1.29 is 19.2 Å². The summed E-state index contributed by atoms with van der Waals surface area (Å²) in [6.45, 7) is 3.25. The first-order valence-corrected chi connectivity index (χ1v) is 6.83. The molecule has 2 rings (SSSR count). The highest BCUT2D eigenvalue weighted by Crippen LogP contribution is 2.38. The molecule has 1 N–H and O–H groups in total. The summed E-state index contributed by atoms with van der Waals surface area (Å²) in [5.74, 6) is -0.537. The van der Waals surface area contributed by atoms with Gasteiger partial charge in [-0.1, -0.05) is 0 Å². The van der Waals surface area contributed by atoms with Crippen molar-refractivity contribution in [3.63, 3.8) is 0 Å². The van der Waals surface area contributed by atoms with E-state index in [9.17, 15) is 14.1 Å². The molecular weight excluding hydrogens is 278 g/mol. The summed E-state index contributed by atoms with van der Waals surface area (Å²) < 4.78 is 11.6. The van der Waals surface area contributed by atoms with Crippen molar-refractivity contribution in [2.45, 2.75) is 32.1 Å². The molecule has 1 unspecified atom stereocenters. The normalized spacial score (nSPS) is 26.7. The van der Waals surface area contributed by atoms with Crippen LogP contribution in [0, 0.1) is 5.41 Å². The fourth-order valence-electron chi connectivity index (χ4n) is 2.02. The minimum Gasteiger partial charge on any atom is -0.614 e. The van der Waals surface area contributed by atoms with Gasteiger partial charge in [0.15, 0.2) is 0 Å². The van der Waals surface area contributed by atoms with Crippen LogP contribution >= 0.6 is 12.4 Å². The zero-order valence-corrected chi connectivity index (χ0v) is 11.8. The van der Waals surface area contributed by atoms with E-state index in [1.165, 1.54) is 4.90 Å². The molecule has 0 spiro atoms. The minimum atomic E-state index is -1.03. The minimum absolute atomic E-state index is 0. The van der Waals surface area contributed by atoms with E-state index in [-0.39, 0.29) is 23.7 Å². The zero-order chi connectivity index (χ0) is 12.8. The van der Waals surface area contributed by atoms with E-state index < -0.39 is 22.6 Å². The van der Waals surface area contributed by atoms with Crippen LogP contribution < -0.4 is 0 Å². The van der Waals surface area contributed by atoms with Crippen LogP contribution in [0.1, 0.15) is 26.7 Å². The maximum atomic E-state index is 11.6. The van der Waals surface area contributed by atoms with Gasteiger partial charge in [0.25, 0.3) is 0 Å². The smallest absolute Gasteiger partial charge is 0.309 e. The lowest BCUT2D eigenvalue weighted by Crippen LogP contribution is -2.58. The van der Waals surface area contributed by atoms with Crippen molar-refractivity contribution in [2.24, 2.45) is 5.41 Å². The summed E-state index contributed by atoms with van der Waals surface area (Å²) in [5.41, 5.74) is -0.205. The zero-order valence-electron chi connectivity index (χ0n) is 10.2. The second kappa shape index (κ2) is 5.11. The van der Waals surface area contributed by atoms with E-state index in [1.807, 2.05) is 0 Å². The third kappa shape index (κ3) is 2.50. The first kappa shape index (κ1) is 15.3. The van der Waals surface area contributed by atoms with Crippen molar-refractivity contribution in [3.8, 4) is 0 Å². The SMILES string of the molecule is CC(C)(CC1=CC[S+]([O-])[C@H]2CC(=O)N12)C(=O)O.Cl. The molecule has 0 aromatic rings. The van der Waals surface area contributed by atoms with E-state index in [4.69, 9.17) is 5.11 Å². The summed E-state index contributed by atoms with van der Waals surface area (Å²) in [4.78, 5) is 24.0. The number of β-lactam (4-membered cyclic amide) rings is 1. The van der Waals surface area contributed by atoms with Gasteiger partial charge < -0.3 is 9.66 Å². The van der Waals surface area contributed by atoms with Crippen LogP contribution in [0.4, 0.5) is 0 Å². The fraction of sp³-hybridized carbons (Fsp3) is 0.636. The Bertz CT molecular complexity index is 410. The van der Waals surface area contributed by atoms with Gasteiger partial charge >= 0.3 is 5.97 Å². The number of aliphatic carboxylic acids is 1. The highest BCUT2D eigenvalue weighted by atomic mass is 35.5. The summed E-state index contributed by atoms with van der Waals surface area (Å²) in [6.07, 6.45) is 2.34. The quantitative estimate of drug-likeness (QED) is 0.624. The Morgan fingerprint density at radius 1 is 1.67 bits per heavy atom. The van der Waals surface area contributed by atoms with E-state index in [0.29, 0.717) is 24.3 Å². The van der Waals surface area contributed by atoms with Gasteiger partial charge in [-0.15, -0.1) is 12.4 Å². The van der Waals surface area contributed by atoms with Crippen LogP contribution in [0.5, 0.6) is 0 Å². The number of carboxylic acid groups (broad SMARTS) is 1. The van der Waals surface area contributed by atoms with Crippen molar-refractivity contribution >= 4 is 35.5 Å². The number of hydrogen-bond donors (Lipinski definition) is 1. The molecule has 7 heteroatoms. The van der Waals surface area contributed by atoms with Crippen molar-refractivity contribution in [2.75, 3.05) is 5.75 Å². The van der Waals surface area contributed by atoms with Gasteiger partial charge in [0.2, 0.25) is 11.3 Å². The van der Waals surface area contributed by atoms with Gasteiger partial charge in [-0.05, 0) is 31.1 Å². The predicted molar refractivity (Wildman–Crippen MR) is 69.6 cm³/mol. The van der Waals surface area contributed by atoms with Crippen molar-refractivity contribution in [1.82, 2.24) is 4.90 Å². The Morgan fingerprint density at radius 2 is 2.28 bits per heavy atom. The molecule has 18 heavy (non-hydrogen) atoms. The van der Waals surface area contributed by atoms with Gasteiger partial charge in [0.1, 0.15) is 5.75 Å². The number of hydrogen-bond acceptors (Lipinski definition) is 3. The summed E-state index contributed by atoms with van der Waals surface area (Å²) in [5, 5.41) is 8.84. The van der Waals surface area contributed by atoms with Crippen LogP contribution in [0.3, 0.4) is 0 Å². The van der Waals surface area contributed by atoms with Gasteiger partial charge in [0.05, 0.1) is 11.8 Å². The Balaban J connectivity index is 0.00000162. The molecule has 2 heterocycles. The summed E-state index contributed by atoms with van der Waals surface area (Å²) >= 11 is -1.03. The van der Waals surface area contributed by atoms with E-state index >= 15 is 0 Å². The average Bonchev–Trinajstić information content (AvgIpc) is 2.20. The lowest BCUT2D eigenvalue weighted by molar-refractivity contribution is -0.148.